The van der Waals surface area contributed by atoms with Crippen LogP contribution in [0.15, 0.2) is 6.07 Å². The summed E-state index contributed by atoms with van der Waals surface area (Å²) in [7, 11) is -4.18. The van der Waals surface area contributed by atoms with Crippen molar-refractivity contribution in [3.8, 4) is 5.75 Å². The molecule has 1 amide bonds. The summed E-state index contributed by atoms with van der Waals surface area (Å²) in [6.45, 7) is 0.366. The van der Waals surface area contributed by atoms with E-state index in [0.717, 1.165) is 25.3 Å². The van der Waals surface area contributed by atoms with Gasteiger partial charge in [0.25, 0.3) is 5.91 Å². The molecule has 1 atom stereocenters. The maximum absolute atomic E-state index is 15.2. The van der Waals surface area contributed by atoms with Gasteiger partial charge in [-0.05, 0) is 55.3 Å². The maximum Gasteiger partial charge on any atom is 0.326 e. The number of aromatic hydroxyl groups is 1. The lowest BCUT2D eigenvalue weighted by molar-refractivity contribution is -0.117. The molecule has 3 aliphatic rings. The van der Waals surface area contributed by atoms with E-state index in [1.54, 1.807) is 0 Å². The number of amides is 1. The smallest absolute Gasteiger partial charge is 0.326 e. The first-order valence-corrected chi connectivity index (χ1v) is 11.4. The van der Waals surface area contributed by atoms with E-state index >= 15 is 4.39 Å². The number of phenolic OH excluding ortho intramolecular Hbond substituents is 1. The van der Waals surface area contributed by atoms with Gasteiger partial charge in [-0.3, -0.25) is 4.79 Å². The molecule has 28 heavy (non-hydrogen) atoms. The molecule has 154 valence electrons. The van der Waals surface area contributed by atoms with Gasteiger partial charge in [0, 0.05) is 6.04 Å². The number of carbonyl (C=O) groups is 1. The largest absolute Gasteiger partial charge is 0.506 e. The number of benzene rings is 1. The first-order chi connectivity index (χ1) is 13.3. The molecule has 1 saturated heterocycles. The fourth-order valence-corrected chi connectivity index (χ4v) is 5.85. The number of hydrogen-bond donors (Lipinski definition) is 3. The van der Waals surface area contributed by atoms with Crippen molar-refractivity contribution in [3.05, 3.63) is 23.0 Å². The van der Waals surface area contributed by atoms with E-state index in [2.05, 4.69) is 5.32 Å². The first-order valence-electron chi connectivity index (χ1n) is 9.95. The number of anilines is 1. The fraction of sp³-hybridized carbons (Fsp3) is 0.632. The topological polar surface area (TPSA) is 98.7 Å². The zero-order valence-electron chi connectivity index (χ0n) is 15.7. The molecule has 1 aromatic rings. The van der Waals surface area contributed by atoms with E-state index in [9.17, 15) is 18.3 Å². The van der Waals surface area contributed by atoms with E-state index < -0.39 is 39.9 Å². The molecule has 0 spiro atoms. The predicted molar refractivity (Wildman–Crippen MR) is 103 cm³/mol. The molecule has 0 aromatic heterocycles. The Morgan fingerprint density at radius 3 is 2.71 bits per heavy atom. The molecule has 9 heteroatoms. The van der Waals surface area contributed by atoms with Gasteiger partial charge in [0.1, 0.15) is 18.0 Å². The monoisotopic (exact) mass is 411 g/mol. The van der Waals surface area contributed by atoms with Crippen molar-refractivity contribution in [1.29, 1.82) is 0 Å². The molecule has 2 fully saturated rings. The van der Waals surface area contributed by atoms with Crippen molar-refractivity contribution in [1.82, 2.24) is 10.0 Å². The predicted octanol–water partition coefficient (Wildman–Crippen LogP) is 1.74. The van der Waals surface area contributed by atoms with Crippen LogP contribution in [0.2, 0.25) is 0 Å². The van der Waals surface area contributed by atoms with Crippen LogP contribution in [0.1, 0.15) is 49.7 Å². The molecule has 1 aromatic carbocycles. The summed E-state index contributed by atoms with van der Waals surface area (Å²) >= 11 is 0. The Labute approximate surface area is 164 Å². The van der Waals surface area contributed by atoms with Crippen molar-refractivity contribution in [3.63, 3.8) is 0 Å². The number of halogens is 1. The van der Waals surface area contributed by atoms with Crippen molar-refractivity contribution >= 4 is 21.8 Å². The van der Waals surface area contributed by atoms with Gasteiger partial charge in [-0.25, -0.2) is 13.4 Å². The molecule has 1 heterocycles. The van der Waals surface area contributed by atoms with Crippen molar-refractivity contribution < 1.29 is 22.7 Å². The normalized spacial score (nSPS) is 24.4. The van der Waals surface area contributed by atoms with Crippen LogP contribution in [0, 0.1) is 11.7 Å². The standard InChI is InChI=1S/C19H26FN3O4S/c20-18-15-10-14(21-8-7-12-3-1-2-4-12)6-5-13(15)9-16(24)19(18)23-11-17(25)22-28(23,26)27/h9,12,14,21,24H,1-8,10-11H2,(H,22,25). The number of aryl methyl sites for hydroxylation is 1. The number of nitrogens with zero attached hydrogens (tertiary/aromatic N) is 1. The van der Waals surface area contributed by atoms with Gasteiger partial charge in [-0.2, -0.15) is 8.42 Å². The molecular formula is C19H26FN3O4S. The average molecular weight is 411 g/mol. The molecule has 3 N–H and O–H groups in total. The first kappa shape index (κ1) is 19.4. The summed E-state index contributed by atoms with van der Waals surface area (Å²) in [5.74, 6) is -1.17. The van der Waals surface area contributed by atoms with Gasteiger partial charge in [0.05, 0.1) is 0 Å². The minimum Gasteiger partial charge on any atom is -0.506 e. The molecule has 0 radical (unpaired) electrons. The van der Waals surface area contributed by atoms with Gasteiger partial charge in [-0.15, -0.1) is 0 Å². The number of rotatable bonds is 5. The molecule has 2 aliphatic carbocycles. The number of carbonyl (C=O) groups excluding carboxylic acids is 1. The van der Waals surface area contributed by atoms with Crippen LogP contribution < -0.4 is 14.3 Å². The molecule has 1 unspecified atom stereocenters. The second-order valence-electron chi connectivity index (χ2n) is 8.07. The van der Waals surface area contributed by atoms with Crippen molar-refractivity contribution in [2.24, 2.45) is 5.92 Å². The number of nitrogens with one attached hydrogen (secondary N) is 2. The lowest BCUT2D eigenvalue weighted by Gasteiger charge is -2.28. The van der Waals surface area contributed by atoms with Gasteiger partial charge in [-0.1, -0.05) is 25.7 Å². The molecule has 0 bridgehead atoms. The lowest BCUT2D eigenvalue weighted by Crippen LogP contribution is -2.36. The third-order valence-corrected chi connectivity index (χ3v) is 7.53. The Morgan fingerprint density at radius 2 is 2.04 bits per heavy atom. The zero-order valence-corrected chi connectivity index (χ0v) is 16.5. The summed E-state index contributed by atoms with van der Waals surface area (Å²) in [5, 5.41) is 13.8. The summed E-state index contributed by atoms with van der Waals surface area (Å²) in [6, 6.07) is 1.55. The maximum atomic E-state index is 15.2. The Morgan fingerprint density at radius 1 is 1.29 bits per heavy atom. The van der Waals surface area contributed by atoms with E-state index in [4.69, 9.17) is 0 Å². The highest BCUT2D eigenvalue weighted by Crippen LogP contribution is 2.39. The number of fused-ring (bicyclic) bond motifs is 1. The number of hydrogen-bond acceptors (Lipinski definition) is 5. The molecule has 4 rings (SSSR count). The van der Waals surface area contributed by atoms with E-state index in [1.807, 2.05) is 4.72 Å². The van der Waals surface area contributed by atoms with Crippen LogP contribution in [-0.2, 0) is 27.8 Å². The van der Waals surface area contributed by atoms with Gasteiger partial charge < -0.3 is 10.4 Å². The summed E-state index contributed by atoms with van der Waals surface area (Å²) < 4.78 is 41.8. The van der Waals surface area contributed by atoms with Crippen LogP contribution in [0.3, 0.4) is 0 Å². The van der Waals surface area contributed by atoms with Crippen LogP contribution in [0.25, 0.3) is 0 Å². The minimum absolute atomic E-state index is 0.121. The Balaban J connectivity index is 1.51. The summed E-state index contributed by atoms with van der Waals surface area (Å²) in [6.07, 6.45) is 8.25. The quantitative estimate of drug-likeness (QED) is 0.686. The van der Waals surface area contributed by atoms with E-state index in [0.29, 0.717) is 28.3 Å². The highest BCUT2D eigenvalue weighted by atomic mass is 32.2. The third-order valence-electron chi connectivity index (χ3n) is 6.16. The highest BCUT2D eigenvalue weighted by Gasteiger charge is 2.39. The minimum atomic E-state index is -4.18. The molecular weight excluding hydrogens is 385 g/mol. The Kier molecular flexibility index (Phi) is 5.22. The lowest BCUT2D eigenvalue weighted by atomic mass is 9.87. The molecule has 1 aliphatic heterocycles. The van der Waals surface area contributed by atoms with Gasteiger partial charge >= 0.3 is 10.2 Å². The van der Waals surface area contributed by atoms with Gasteiger partial charge in [0.2, 0.25) is 0 Å². The van der Waals surface area contributed by atoms with Crippen molar-refractivity contribution in [2.75, 3.05) is 17.4 Å². The third kappa shape index (κ3) is 3.69. The number of phenols is 1. The van der Waals surface area contributed by atoms with Crippen molar-refractivity contribution in [2.45, 2.75) is 57.4 Å². The van der Waals surface area contributed by atoms with Gasteiger partial charge in [0.15, 0.2) is 5.82 Å². The Bertz CT molecular complexity index is 884. The fourth-order valence-electron chi connectivity index (χ4n) is 4.69. The Hall–Kier alpha value is -1.87. The summed E-state index contributed by atoms with van der Waals surface area (Å²) in [5.41, 5.74) is 0.680. The highest BCUT2D eigenvalue weighted by molar-refractivity contribution is 7.92. The zero-order chi connectivity index (χ0) is 19.9. The van der Waals surface area contributed by atoms with Crippen LogP contribution in [-0.4, -0.2) is 38.6 Å². The SMILES string of the molecule is O=C1CN(c2c(O)cc3c(c2F)CC(NCCC2CCCC2)CC3)S(=O)(=O)N1. The van der Waals surface area contributed by atoms with Crippen LogP contribution in [0.4, 0.5) is 10.1 Å². The second-order valence-corrected chi connectivity index (χ2v) is 9.66. The van der Waals surface area contributed by atoms with E-state index in [1.165, 1.54) is 31.7 Å². The second kappa shape index (κ2) is 7.51. The molecule has 7 nitrogen and oxygen atoms in total. The van der Waals surface area contributed by atoms with E-state index in [-0.39, 0.29) is 6.04 Å². The summed E-state index contributed by atoms with van der Waals surface area (Å²) in [4.78, 5) is 11.5. The van der Waals surface area contributed by atoms with Crippen LogP contribution in [0.5, 0.6) is 5.75 Å². The molecule has 1 saturated carbocycles. The van der Waals surface area contributed by atoms with Crippen LogP contribution >= 0.6 is 0 Å². The average Bonchev–Trinajstić information content (AvgIpc) is 3.23.